The van der Waals surface area contributed by atoms with Gasteiger partial charge in [-0.05, 0) is 31.9 Å². The molecule has 2 rings (SSSR count). The molecule has 0 radical (unpaired) electrons. The number of rotatable bonds is 2. The van der Waals surface area contributed by atoms with E-state index in [1.54, 1.807) is 12.1 Å². The number of hydrogen-bond acceptors (Lipinski definition) is 3. The van der Waals surface area contributed by atoms with Crippen LogP contribution in [0.4, 0.5) is 4.39 Å². The maximum Gasteiger partial charge on any atom is 0.308 e. The van der Waals surface area contributed by atoms with Crippen LogP contribution < -0.4 is 10.0 Å². The number of carboxylic acids is 1. The van der Waals surface area contributed by atoms with Gasteiger partial charge < -0.3 is 14.6 Å². The fraction of sp³-hybridized carbons (Fsp3) is 0.500. The molecule has 1 N–H and O–H groups in total. The van der Waals surface area contributed by atoms with Crippen molar-refractivity contribution < 1.29 is 23.8 Å². The van der Waals surface area contributed by atoms with Gasteiger partial charge in [0, 0.05) is 5.30 Å². The lowest BCUT2D eigenvalue weighted by molar-refractivity contribution is -0.147. The molecule has 1 saturated heterocycles. The third-order valence-corrected chi connectivity index (χ3v) is 3.65. The first-order valence-corrected chi connectivity index (χ1v) is 6.95. The normalized spacial score (nSPS) is 21.6. The minimum absolute atomic E-state index is 0.246. The van der Waals surface area contributed by atoms with Gasteiger partial charge in [0.15, 0.2) is 0 Å². The van der Waals surface area contributed by atoms with Gasteiger partial charge in [0.05, 0.1) is 25.7 Å². The van der Waals surface area contributed by atoms with E-state index < -0.39 is 5.97 Å². The molecule has 0 amide bonds. The summed E-state index contributed by atoms with van der Waals surface area (Å²) >= 11 is 0. The highest BCUT2D eigenvalue weighted by atomic mass is 31.0. The Balaban J connectivity index is 0.000000200. The molecule has 0 bridgehead atoms. The van der Waals surface area contributed by atoms with Crippen LogP contribution in [-0.4, -0.2) is 30.9 Å². The lowest BCUT2D eigenvalue weighted by atomic mass is 10.00. The van der Waals surface area contributed by atoms with Crippen molar-refractivity contribution in [2.45, 2.75) is 25.9 Å². The first-order valence-electron chi connectivity index (χ1n) is 6.38. The molecule has 1 aromatic rings. The first kappa shape index (κ1) is 16.9. The van der Waals surface area contributed by atoms with Crippen molar-refractivity contribution in [3.05, 3.63) is 24.0 Å². The standard InChI is InChI=1S/C7H8FOP.C7H12O3/c1-9-6-4-2-3-5(8)7(6)10;1-5-2-3-6(4-10-5)7(8)9/h2-4H,10H2,1H3;5-6H,2-4H2,1H3,(H,8,9). The van der Waals surface area contributed by atoms with E-state index >= 15 is 0 Å². The maximum atomic E-state index is 12.7. The molecule has 20 heavy (non-hydrogen) atoms. The van der Waals surface area contributed by atoms with Gasteiger partial charge in [-0.3, -0.25) is 4.79 Å². The van der Waals surface area contributed by atoms with Crippen LogP contribution in [0.3, 0.4) is 0 Å². The zero-order chi connectivity index (χ0) is 15.1. The van der Waals surface area contributed by atoms with Gasteiger partial charge in [-0.15, -0.1) is 0 Å². The van der Waals surface area contributed by atoms with E-state index in [4.69, 9.17) is 14.6 Å². The van der Waals surface area contributed by atoms with E-state index in [0.717, 1.165) is 12.8 Å². The van der Waals surface area contributed by atoms with E-state index in [-0.39, 0.29) is 17.8 Å². The Morgan fingerprint density at radius 1 is 1.50 bits per heavy atom. The fourth-order valence-electron chi connectivity index (χ4n) is 1.77. The highest BCUT2D eigenvalue weighted by Crippen LogP contribution is 2.18. The van der Waals surface area contributed by atoms with Crippen molar-refractivity contribution in [1.82, 2.24) is 0 Å². The van der Waals surface area contributed by atoms with Gasteiger partial charge in [-0.2, -0.15) is 0 Å². The molecule has 0 spiro atoms. The Morgan fingerprint density at radius 3 is 2.65 bits per heavy atom. The highest BCUT2D eigenvalue weighted by Gasteiger charge is 2.23. The fourth-order valence-corrected chi connectivity index (χ4v) is 2.08. The van der Waals surface area contributed by atoms with Gasteiger partial charge in [0.25, 0.3) is 0 Å². The van der Waals surface area contributed by atoms with Crippen LogP contribution in [0.2, 0.25) is 0 Å². The molecule has 1 aliphatic rings. The number of methoxy groups -OCH3 is 1. The Bertz CT molecular complexity index is 445. The number of ether oxygens (including phenoxy) is 2. The Morgan fingerprint density at radius 2 is 2.20 bits per heavy atom. The summed E-state index contributed by atoms with van der Waals surface area (Å²) < 4.78 is 22.7. The van der Waals surface area contributed by atoms with Crippen molar-refractivity contribution >= 4 is 20.5 Å². The SMILES string of the molecule is CC1CCC(C(=O)O)CO1.COc1cccc(F)c1P. The summed E-state index contributed by atoms with van der Waals surface area (Å²) in [5.74, 6) is -0.697. The van der Waals surface area contributed by atoms with Gasteiger partial charge in [0.2, 0.25) is 0 Å². The molecular formula is C14H20FO4P. The lowest BCUT2D eigenvalue weighted by Gasteiger charge is -2.23. The highest BCUT2D eigenvalue weighted by molar-refractivity contribution is 7.27. The van der Waals surface area contributed by atoms with Crippen molar-refractivity contribution in [3.63, 3.8) is 0 Å². The third-order valence-electron chi connectivity index (χ3n) is 3.09. The monoisotopic (exact) mass is 302 g/mol. The molecule has 112 valence electrons. The Labute approximate surface area is 120 Å². The van der Waals surface area contributed by atoms with Gasteiger partial charge in [0.1, 0.15) is 11.6 Å². The summed E-state index contributed by atoms with van der Waals surface area (Å²) in [4.78, 5) is 10.4. The number of aliphatic carboxylic acids is 1. The van der Waals surface area contributed by atoms with E-state index in [1.165, 1.54) is 13.2 Å². The molecule has 0 aromatic heterocycles. The van der Waals surface area contributed by atoms with E-state index in [1.807, 2.05) is 6.92 Å². The zero-order valence-electron chi connectivity index (χ0n) is 11.6. The van der Waals surface area contributed by atoms with Gasteiger partial charge >= 0.3 is 5.97 Å². The van der Waals surface area contributed by atoms with Crippen LogP contribution in [0.15, 0.2) is 18.2 Å². The molecule has 4 nitrogen and oxygen atoms in total. The largest absolute Gasteiger partial charge is 0.496 e. The predicted molar refractivity (Wildman–Crippen MR) is 78.1 cm³/mol. The topological polar surface area (TPSA) is 55.8 Å². The number of carbonyl (C=O) groups is 1. The molecule has 3 atom stereocenters. The van der Waals surface area contributed by atoms with Crippen LogP contribution in [0.5, 0.6) is 5.75 Å². The predicted octanol–water partition coefficient (Wildman–Crippen LogP) is 2.22. The van der Waals surface area contributed by atoms with Crippen LogP contribution in [0.1, 0.15) is 19.8 Å². The number of hydrogen-bond donors (Lipinski definition) is 1. The van der Waals surface area contributed by atoms with Crippen LogP contribution in [0.25, 0.3) is 0 Å². The van der Waals surface area contributed by atoms with Crippen LogP contribution in [0, 0.1) is 11.7 Å². The average molecular weight is 302 g/mol. The molecule has 1 heterocycles. The minimum atomic E-state index is -0.730. The molecule has 1 aliphatic heterocycles. The average Bonchev–Trinajstić information content (AvgIpc) is 2.43. The summed E-state index contributed by atoms with van der Waals surface area (Å²) in [6.45, 7) is 2.36. The van der Waals surface area contributed by atoms with E-state index in [9.17, 15) is 9.18 Å². The summed E-state index contributed by atoms with van der Waals surface area (Å²) in [5.41, 5.74) is 0. The van der Waals surface area contributed by atoms with Gasteiger partial charge in [-0.25, -0.2) is 4.39 Å². The van der Waals surface area contributed by atoms with Crippen LogP contribution in [-0.2, 0) is 9.53 Å². The second-order valence-electron chi connectivity index (χ2n) is 4.61. The molecule has 1 fully saturated rings. The summed E-state index contributed by atoms with van der Waals surface area (Å²) in [6.07, 6.45) is 1.88. The zero-order valence-corrected chi connectivity index (χ0v) is 12.8. The van der Waals surface area contributed by atoms with Crippen molar-refractivity contribution in [2.24, 2.45) is 5.92 Å². The number of halogens is 1. The molecule has 0 aliphatic carbocycles. The van der Waals surface area contributed by atoms with Crippen molar-refractivity contribution in [2.75, 3.05) is 13.7 Å². The molecule has 3 unspecified atom stereocenters. The Hall–Kier alpha value is -1.19. The van der Waals surface area contributed by atoms with Crippen LogP contribution >= 0.6 is 9.24 Å². The Kier molecular flexibility index (Phi) is 6.89. The summed E-state index contributed by atoms with van der Waals surface area (Å²) in [5, 5.41) is 9.02. The smallest absolute Gasteiger partial charge is 0.308 e. The second-order valence-corrected chi connectivity index (χ2v) is 5.19. The number of carboxylic acid groups (broad SMARTS) is 1. The molecule has 0 saturated carbocycles. The third kappa shape index (κ3) is 5.06. The molecular weight excluding hydrogens is 282 g/mol. The van der Waals surface area contributed by atoms with E-state index in [0.29, 0.717) is 17.7 Å². The summed E-state index contributed by atoms with van der Waals surface area (Å²) in [6, 6.07) is 4.72. The summed E-state index contributed by atoms with van der Waals surface area (Å²) in [7, 11) is 3.81. The minimum Gasteiger partial charge on any atom is -0.496 e. The lowest BCUT2D eigenvalue weighted by Crippen LogP contribution is -2.28. The first-order chi connectivity index (χ1) is 9.45. The number of benzene rings is 1. The molecule has 1 aromatic carbocycles. The maximum absolute atomic E-state index is 12.7. The quantitative estimate of drug-likeness (QED) is 0.851. The van der Waals surface area contributed by atoms with E-state index in [2.05, 4.69) is 9.24 Å². The molecule has 6 heteroatoms. The van der Waals surface area contributed by atoms with Crippen molar-refractivity contribution in [1.29, 1.82) is 0 Å². The van der Waals surface area contributed by atoms with Crippen molar-refractivity contribution in [3.8, 4) is 5.75 Å². The van der Waals surface area contributed by atoms with Gasteiger partial charge in [-0.1, -0.05) is 15.3 Å². The second kappa shape index (κ2) is 8.18.